The van der Waals surface area contributed by atoms with E-state index in [1.807, 2.05) is 25.2 Å². The van der Waals surface area contributed by atoms with Crippen LogP contribution in [0.5, 0.6) is 5.75 Å². The van der Waals surface area contributed by atoms with Gasteiger partial charge in [0, 0.05) is 28.5 Å². The molecule has 0 saturated heterocycles. The summed E-state index contributed by atoms with van der Waals surface area (Å²) in [6.07, 6.45) is 2.79. The number of nitrogens with one attached hydrogen (secondary N) is 1. The van der Waals surface area contributed by atoms with Gasteiger partial charge in [0.1, 0.15) is 5.75 Å². The van der Waals surface area contributed by atoms with Gasteiger partial charge < -0.3 is 15.3 Å². The molecular formula is C18H21ClN2O. The van der Waals surface area contributed by atoms with Crippen LogP contribution in [-0.2, 0) is 12.8 Å². The third-order valence-corrected chi connectivity index (χ3v) is 4.44. The van der Waals surface area contributed by atoms with Gasteiger partial charge in [0.05, 0.1) is 0 Å². The van der Waals surface area contributed by atoms with Gasteiger partial charge in [-0.1, -0.05) is 23.7 Å². The zero-order chi connectivity index (χ0) is 15.5. The molecule has 0 aromatic heterocycles. The average molecular weight is 317 g/mol. The summed E-state index contributed by atoms with van der Waals surface area (Å²) in [6, 6.07) is 11.9. The maximum atomic E-state index is 10.2. The van der Waals surface area contributed by atoms with Crippen molar-refractivity contribution in [2.24, 2.45) is 0 Å². The Hall–Kier alpha value is -1.71. The van der Waals surface area contributed by atoms with Crippen LogP contribution in [0.2, 0.25) is 5.02 Å². The molecule has 3 rings (SSSR count). The van der Waals surface area contributed by atoms with Crippen molar-refractivity contribution >= 4 is 23.0 Å². The first-order chi connectivity index (χ1) is 10.7. The van der Waals surface area contributed by atoms with Crippen molar-refractivity contribution in [2.45, 2.75) is 19.3 Å². The Balaban J connectivity index is 2.07. The molecule has 2 aromatic rings. The topological polar surface area (TPSA) is 35.5 Å². The van der Waals surface area contributed by atoms with Gasteiger partial charge in [-0.3, -0.25) is 0 Å². The Labute approximate surface area is 136 Å². The number of phenolic OH excluding ortho intramolecular Hbond substituents is 1. The van der Waals surface area contributed by atoms with Crippen molar-refractivity contribution in [3.05, 3.63) is 52.5 Å². The summed E-state index contributed by atoms with van der Waals surface area (Å²) in [5, 5.41) is 14.2. The first-order valence-corrected chi connectivity index (χ1v) is 8.10. The van der Waals surface area contributed by atoms with Crippen LogP contribution in [0.4, 0.5) is 11.4 Å². The van der Waals surface area contributed by atoms with Crippen LogP contribution in [0.3, 0.4) is 0 Å². The van der Waals surface area contributed by atoms with E-state index in [2.05, 4.69) is 22.3 Å². The molecule has 4 heteroatoms. The van der Waals surface area contributed by atoms with Crippen molar-refractivity contribution in [1.82, 2.24) is 5.32 Å². The van der Waals surface area contributed by atoms with Gasteiger partial charge in [0.2, 0.25) is 0 Å². The van der Waals surface area contributed by atoms with Gasteiger partial charge in [-0.05, 0) is 62.7 Å². The molecule has 0 saturated carbocycles. The molecule has 0 fully saturated rings. The van der Waals surface area contributed by atoms with Gasteiger partial charge >= 0.3 is 0 Å². The summed E-state index contributed by atoms with van der Waals surface area (Å²) in [7, 11) is 1.97. The van der Waals surface area contributed by atoms with E-state index in [1.54, 1.807) is 6.07 Å². The van der Waals surface area contributed by atoms with Gasteiger partial charge in [-0.2, -0.15) is 0 Å². The molecule has 2 N–H and O–H groups in total. The predicted molar refractivity (Wildman–Crippen MR) is 92.5 cm³/mol. The Morgan fingerprint density at radius 2 is 2.05 bits per heavy atom. The number of phenols is 1. The van der Waals surface area contributed by atoms with E-state index in [0.717, 1.165) is 54.3 Å². The fourth-order valence-electron chi connectivity index (χ4n) is 3.12. The molecule has 0 spiro atoms. The van der Waals surface area contributed by atoms with Crippen molar-refractivity contribution in [3.8, 4) is 5.75 Å². The number of anilines is 2. The van der Waals surface area contributed by atoms with Crippen LogP contribution in [0.15, 0.2) is 36.4 Å². The Bertz CT molecular complexity index is 670. The third kappa shape index (κ3) is 2.92. The fraction of sp³-hybridized carbons (Fsp3) is 0.333. The lowest BCUT2D eigenvalue weighted by Gasteiger charge is -2.27. The second-order valence-corrected chi connectivity index (χ2v) is 6.09. The number of halogens is 1. The SMILES string of the molecule is CNCCCN1c2cc(Cl)ccc2CCc2c(O)cccc21. The second kappa shape index (κ2) is 6.59. The molecule has 0 bridgehead atoms. The molecule has 0 unspecified atom stereocenters. The Morgan fingerprint density at radius 3 is 2.86 bits per heavy atom. The van der Waals surface area contributed by atoms with E-state index in [0.29, 0.717) is 5.75 Å². The molecule has 3 nitrogen and oxygen atoms in total. The normalized spacial score (nSPS) is 13.5. The lowest BCUT2D eigenvalue weighted by molar-refractivity contribution is 0.468. The lowest BCUT2D eigenvalue weighted by Crippen LogP contribution is -2.23. The molecule has 1 aliphatic heterocycles. The first kappa shape index (κ1) is 15.2. The van der Waals surface area contributed by atoms with E-state index in [1.165, 1.54) is 5.56 Å². The lowest BCUT2D eigenvalue weighted by atomic mass is 10.0. The monoisotopic (exact) mass is 316 g/mol. The number of aryl methyl sites for hydroxylation is 1. The van der Waals surface area contributed by atoms with Gasteiger partial charge in [0.25, 0.3) is 0 Å². The molecule has 0 atom stereocenters. The largest absolute Gasteiger partial charge is 0.508 e. The van der Waals surface area contributed by atoms with E-state index < -0.39 is 0 Å². The minimum absolute atomic E-state index is 0.384. The van der Waals surface area contributed by atoms with Gasteiger partial charge in [-0.15, -0.1) is 0 Å². The number of benzene rings is 2. The number of rotatable bonds is 4. The minimum Gasteiger partial charge on any atom is -0.508 e. The summed E-state index contributed by atoms with van der Waals surface area (Å²) in [5.74, 6) is 0.384. The highest BCUT2D eigenvalue weighted by atomic mass is 35.5. The number of aromatic hydroxyl groups is 1. The van der Waals surface area contributed by atoms with Gasteiger partial charge in [-0.25, -0.2) is 0 Å². The van der Waals surface area contributed by atoms with Crippen molar-refractivity contribution in [2.75, 3.05) is 25.0 Å². The van der Waals surface area contributed by atoms with Gasteiger partial charge in [0.15, 0.2) is 0 Å². The highest BCUT2D eigenvalue weighted by Crippen LogP contribution is 2.40. The maximum absolute atomic E-state index is 10.2. The number of hydrogen-bond donors (Lipinski definition) is 2. The molecule has 0 amide bonds. The molecule has 0 radical (unpaired) electrons. The highest BCUT2D eigenvalue weighted by molar-refractivity contribution is 6.30. The van der Waals surface area contributed by atoms with Crippen LogP contribution in [-0.4, -0.2) is 25.2 Å². The summed E-state index contributed by atoms with van der Waals surface area (Å²) >= 11 is 6.23. The third-order valence-electron chi connectivity index (χ3n) is 4.21. The van der Waals surface area contributed by atoms with Crippen LogP contribution in [0.25, 0.3) is 0 Å². The first-order valence-electron chi connectivity index (χ1n) is 7.72. The van der Waals surface area contributed by atoms with Crippen molar-refractivity contribution in [3.63, 3.8) is 0 Å². The molecule has 22 heavy (non-hydrogen) atoms. The van der Waals surface area contributed by atoms with E-state index in [9.17, 15) is 5.11 Å². The fourth-order valence-corrected chi connectivity index (χ4v) is 3.28. The van der Waals surface area contributed by atoms with Crippen LogP contribution in [0.1, 0.15) is 17.5 Å². The summed E-state index contributed by atoms with van der Waals surface area (Å²) < 4.78 is 0. The van der Waals surface area contributed by atoms with E-state index in [4.69, 9.17) is 11.6 Å². The van der Waals surface area contributed by atoms with E-state index >= 15 is 0 Å². The predicted octanol–water partition coefficient (Wildman–Crippen LogP) is 3.89. The molecule has 2 aromatic carbocycles. The standard InChI is InChI=1S/C18H21ClN2O/c1-20-10-3-11-21-16-4-2-5-18(22)15(16)9-7-13-6-8-14(19)12-17(13)21/h2,4-6,8,12,20,22H,3,7,9-11H2,1H3. The molecular weight excluding hydrogens is 296 g/mol. The Kier molecular flexibility index (Phi) is 4.55. The zero-order valence-electron chi connectivity index (χ0n) is 12.8. The Morgan fingerprint density at radius 1 is 1.18 bits per heavy atom. The molecule has 0 aliphatic carbocycles. The second-order valence-electron chi connectivity index (χ2n) is 5.66. The number of fused-ring (bicyclic) bond motifs is 2. The number of hydrogen-bond acceptors (Lipinski definition) is 3. The maximum Gasteiger partial charge on any atom is 0.120 e. The number of nitrogens with zero attached hydrogens (tertiary/aromatic N) is 1. The summed E-state index contributed by atoms with van der Waals surface area (Å²) in [5.41, 5.74) is 4.56. The van der Waals surface area contributed by atoms with Crippen LogP contribution >= 0.6 is 11.6 Å². The molecule has 116 valence electrons. The summed E-state index contributed by atoms with van der Waals surface area (Å²) in [6.45, 7) is 1.85. The summed E-state index contributed by atoms with van der Waals surface area (Å²) in [4.78, 5) is 2.29. The van der Waals surface area contributed by atoms with Crippen LogP contribution in [0, 0.1) is 0 Å². The van der Waals surface area contributed by atoms with Crippen molar-refractivity contribution in [1.29, 1.82) is 0 Å². The molecule has 1 aliphatic rings. The average Bonchev–Trinajstić information content (AvgIpc) is 2.66. The quantitative estimate of drug-likeness (QED) is 0.840. The highest BCUT2D eigenvalue weighted by Gasteiger charge is 2.22. The minimum atomic E-state index is 0.384. The van der Waals surface area contributed by atoms with Crippen LogP contribution < -0.4 is 10.2 Å². The smallest absolute Gasteiger partial charge is 0.120 e. The van der Waals surface area contributed by atoms with E-state index in [-0.39, 0.29) is 0 Å². The van der Waals surface area contributed by atoms with Crippen molar-refractivity contribution < 1.29 is 5.11 Å². The molecule has 1 heterocycles. The zero-order valence-corrected chi connectivity index (χ0v) is 13.5.